The molecule has 2 aromatic heterocycles. The minimum Gasteiger partial charge on any atom is -0.367 e. The number of halogens is 1. The van der Waals surface area contributed by atoms with Crippen LogP contribution >= 0.6 is 15.9 Å². The molecule has 0 aliphatic carbocycles. The normalized spacial score (nSPS) is 11.1. The number of aromatic nitrogens is 3. The number of rotatable bonds is 8. The summed E-state index contributed by atoms with van der Waals surface area (Å²) in [5, 5.41) is 14.3. The van der Waals surface area contributed by atoms with Gasteiger partial charge < -0.3 is 10.6 Å². The molecule has 0 aliphatic rings. The number of hydrogen-bond acceptors (Lipinski definition) is 7. The van der Waals surface area contributed by atoms with Crippen LogP contribution in [0.25, 0.3) is 0 Å². The Hall–Kier alpha value is -2.56. The largest absolute Gasteiger partial charge is 0.367 e. The first-order valence-corrected chi connectivity index (χ1v) is 10.3. The van der Waals surface area contributed by atoms with Crippen LogP contribution in [0.2, 0.25) is 0 Å². The van der Waals surface area contributed by atoms with Crippen molar-refractivity contribution in [2.24, 2.45) is 0 Å². The highest BCUT2D eigenvalue weighted by Crippen LogP contribution is 2.20. The minimum atomic E-state index is -3.57. The fourth-order valence-electron chi connectivity index (χ4n) is 2.19. The molecule has 27 heavy (non-hydrogen) atoms. The van der Waals surface area contributed by atoms with Crippen LogP contribution in [0.3, 0.4) is 0 Å². The molecule has 0 unspecified atom stereocenters. The van der Waals surface area contributed by atoms with E-state index in [1.165, 1.54) is 0 Å². The maximum atomic E-state index is 12.3. The quantitative estimate of drug-likeness (QED) is 0.454. The summed E-state index contributed by atoms with van der Waals surface area (Å²) in [5.74, 6) is 1.15. The van der Waals surface area contributed by atoms with E-state index in [-0.39, 0.29) is 11.4 Å². The van der Waals surface area contributed by atoms with Crippen LogP contribution < -0.4 is 15.4 Å². The molecular formula is C17H17BrN6O2S. The first-order valence-electron chi connectivity index (χ1n) is 8.03. The fraction of sp³-hybridized carbons (Fsp3) is 0.118. The van der Waals surface area contributed by atoms with Gasteiger partial charge in [-0.25, -0.2) is 13.1 Å². The number of hydrogen-bond donors (Lipinski definition) is 3. The predicted molar refractivity (Wildman–Crippen MR) is 107 cm³/mol. The first-order chi connectivity index (χ1) is 13.0. The van der Waals surface area contributed by atoms with Gasteiger partial charge in [0.1, 0.15) is 5.82 Å². The molecule has 1 aromatic carbocycles. The number of sulfonamides is 1. The van der Waals surface area contributed by atoms with Crippen molar-refractivity contribution in [2.75, 3.05) is 23.7 Å². The summed E-state index contributed by atoms with van der Waals surface area (Å²) >= 11 is 3.25. The van der Waals surface area contributed by atoms with E-state index >= 15 is 0 Å². The lowest BCUT2D eigenvalue weighted by Crippen LogP contribution is -2.29. The van der Waals surface area contributed by atoms with Crippen LogP contribution in [-0.2, 0) is 10.0 Å². The molecule has 3 N–H and O–H groups in total. The molecule has 0 radical (unpaired) electrons. The Morgan fingerprint density at radius 1 is 0.889 bits per heavy atom. The van der Waals surface area contributed by atoms with Crippen molar-refractivity contribution in [3.8, 4) is 0 Å². The number of anilines is 3. The monoisotopic (exact) mass is 448 g/mol. The van der Waals surface area contributed by atoms with Crippen molar-refractivity contribution in [2.45, 2.75) is 4.90 Å². The van der Waals surface area contributed by atoms with Crippen molar-refractivity contribution < 1.29 is 8.42 Å². The Balaban J connectivity index is 1.49. The maximum absolute atomic E-state index is 12.3. The Kier molecular flexibility index (Phi) is 6.32. The molecule has 0 fully saturated rings. The van der Waals surface area contributed by atoms with Crippen molar-refractivity contribution in [3.05, 3.63) is 65.4 Å². The van der Waals surface area contributed by atoms with Crippen LogP contribution in [0.15, 0.2) is 70.3 Å². The zero-order valence-corrected chi connectivity index (χ0v) is 16.5. The number of benzene rings is 1. The van der Waals surface area contributed by atoms with Gasteiger partial charge in [0, 0.05) is 35.6 Å². The van der Waals surface area contributed by atoms with Gasteiger partial charge >= 0.3 is 0 Å². The third-order valence-electron chi connectivity index (χ3n) is 3.47. The molecule has 0 atom stereocenters. The molecule has 140 valence electrons. The molecule has 2 heterocycles. The molecule has 0 amide bonds. The highest BCUT2D eigenvalue weighted by Gasteiger charge is 2.16. The van der Waals surface area contributed by atoms with Gasteiger partial charge in [-0.05, 0) is 52.3 Å². The molecular weight excluding hydrogens is 432 g/mol. The topological polar surface area (TPSA) is 109 Å². The van der Waals surface area contributed by atoms with Crippen molar-refractivity contribution in [1.82, 2.24) is 19.9 Å². The molecule has 0 saturated carbocycles. The zero-order valence-electron chi connectivity index (χ0n) is 14.1. The second kappa shape index (κ2) is 8.89. The molecule has 0 saturated heterocycles. The molecule has 0 aliphatic heterocycles. The van der Waals surface area contributed by atoms with Crippen LogP contribution in [-0.4, -0.2) is 36.7 Å². The van der Waals surface area contributed by atoms with E-state index in [4.69, 9.17) is 0 Å². The van der Waals surface area contributed by atoms with E-state index in [0.29, 0.717) is 22.7 Å². The standard InChI is InChI=1S/C17H17BrN6O2S/c18-14-3-1-2-4-15(14)27(25,26)21-12-11-20-16-5-6-17(24-23-16)22-13-7-9-19-10-8-13/h1-10,21H,11-12H2,(H,20,23)(H,19,22,24). The minimum absolute atomic E-state index is 0.205. The van der Waals surface area contributed by atoms with Crippen LogP contribution in [0.1, 0.15) is 0 Å². The van der Waals surface area contributed by atoms with E-state index in [9.17, 15) is 8.42 Å². The summed E-state index contributed by atoms with van der Waals surface area (Å²) in [6.45, 7) is 0.581. The highest BCUT2D eigenvalue weighted by molar-refractivity contribution is 9.10. The Bertz CT molecular complexity index is 984. The van der Waals surface area contributed by atoms with Crippen LogP contribution in [0.5, 0.6) is 0 Å². The Morgan fingerprint density at radius 2 is 1.59 bits per heavy atom. The fourth-order valence-corrected chi connectivity index (χ4v) is 4.23. The maximum Gasteiger partial charge on any atom is 0.241 e. The average molecular weight is 449 g/mol. The summed E-state index contributed by atoms with van der Waals surface area (Å²) in [4.78, 5) is 4.15. The van der Waals surface area contributed by atoms with Gasteiger partial charge in [-0.15, -0.1) is 10.2 Å². The lowest BCUT2D eigenvalue weighted by atomic mass is 10.4. The van der Waals surface area contributed by atoms with Crippen molar-refractivity contribution in [1.29, 1.82) is 0 Å². The summed E-state index contributed by atoms with van der Waals surface area (Å²) in [7, 11) is -3.57. The third kappa shape index (κ3) is 5.46. The van der Waals surface area contributed by atoms with Crippen molar-refractivity contribution in [3.63, 3.8) is 0 Å². The van der Waals surface area contributed by atoms with E-state index in [1.54, 1.807) is 48.8 Å². The molecule has 3 aromatic rings. The van der Waals surface area contributed by atoms with Crippen LogP contribution in [0.4, 0.5) is 17.3 Å². The second-order valence-electron chi connectivity index (χ2n) is 5.42. The van der Waals surface area contributed by atoms with Gasteiger partial charge in [0.25, 0.3) is 0 Å². The zero-order chi connectivity index (χ0) is 19.1. The van der Waals surface area contributed by atoms with Crippen molar-refractivity contribution >= 4 is 43.3 Å². The SMILES string of the molecule is O=S(=O)(NCCNc1ccc(Nc2ccncc2)nn1)c1ccccc1Br. The molecule has 3 rings (SSSR count). The average Bonchev–Trinajstić information content (AvgIpc) is 2.67. The van der Waals surface area contributed by atoms with Gasteiger partial charge in [-0.3, -0.25) is 4.98 Å². The smallest absolute Gasteiger partial charge is 0.241 e. The Morgan fingerprint density at radius 3 is 2.30 bits per heavy atom. The van der Waals surface area contributed by atoms with E-state index < -0.39 is 10.0 Å². The summed E-state index contributed by atoms with van der Waals surface area (Å²) in [6.07, 6.45) is 3.36. The summed E-state index contributed by atoms with van der Waals surface area (Å²) < 4.78 is 27.6. The highest BCUT2D eigenvalue weighted by atomic mass is 79.9. The lowest BCUT2D eigenvalue weighted by molar-refractivity contribution is 0.582. The first kappa shape index (κ1) is 19.2. The molecule has 0 bridgehead atoms. The molecule has 10 heteroatoms. The third-order valence-corrected chi connectivity index (χ3v) is 5.94. The van der Waals surface area contributed by atoms with Gasteiger partial charge in [0.2, 0.25) is 10.0 Å². The van der Waals surface area contributed by atoms with Gasteiger partial charge in [-0.2, -0.15) is 0 Å². The van der Waals surface area contributed by atoms with E-state index in [0.717, 1.165) is 5.69 Å². The summed E-state index contributed by atoms with van der Waals surface area (Å²) in [6, 6.07) is 13.9. The number of pyridine rings is 1. The van der Waals surface area contributed by atoms with Crippen LogP contribution in [0, 0.1) is 0 Å². The van der Waals surface area contributed by atoms with Gasteiger partial charge in [-0.1, -0.05) is 12.1 Å². The number of nitrogens with one attached hydrogen (secondary N) is 3. The predicted octanol–water partition coefficient (Wildman–Crippen LogP) is 2.77. The second-order valence-corrected chi connectivity index (χ2v) is 8.01. The molecule has 0 spiro atoms. The lowest BCUT2D eigenvalue weighted by Gasteiger charge is -2.10. The Labute approximate surface area is 165 Å². The summed E-state index contributed by atoms with van der Waals surface area (Å²) in [5.41, 5.74) is 0.862. The number of nitrogens with zero attached hydrogens (tertiary/aromatic N) is 3. The van der Waals surface area contributed by atoms with E-state index in [2.05, 4.69) is 46.5 Å². The van der Waals surface area contributed by atoms with E-state index in [1.807, 2.05) is 12.1 Å². The van der Waals surface area contributed by atoms with Gasteiger partial charge in [0.15, 0.2) is 5.82 Å². The van der Waals surface area contributed by atoms with Gasteiger partial charge in [0.05, 0.1) is 4.90 Å². The molecule has 8 nitrogen and oxygen atoms in total.